The van der Waals surface area contributed by atoms with E-state index in [0.29, 0.717) is 27.9 Å². The topological polar surface area (TPSA) is 128 Å². The molecule has 4 unspecified atom stereocenters. The van der Waals surface area contributed by atoms with E-state index in [4.69, 9.17) is 37.9 Å². The number of amides is 2. The third-order valence-corrected chi connectivity index (χ3v) is 6.07. The van der Waals surface area contributed by atoms with Gasteiger partial charge in [0.2, 0.25) is 0 Å². The van der Waals surface area contributed by atoms with Gasteiger partial charge in [-0.25, -0.2) is 14.4 Å². The van der Waals surface area contributed by atoms with Crippen LogP contribution in [0.25, 0.3) is 0 Å². The Morgan fingerprint density at radius 2 is 1.35 bits per heavy atom. The van der Waals surface area contributed by atoms with E-state index in [0.717, 1.165) is 0 Å². The lowest BCUT2D eigenvalue weighted by Gasteiger charge is -2.32. The van der Waals surface area contributed by atoms with Crippen molar-refractivity contribution in [1.82, 2.24) is 4.90 Å². The summed E-state index contributed by atoms with van der Waals surface area (Å²) in [5.41, 5.74) is -0.960. The maximum absolute atomic E-state index is 13.6. The van der Waals surface area contributed by atoms with E-state index in [1.807, 2.05) is 0 Å². The minimum atomic E-state index is -1.51. The lowest BCUT2D eigenvalue weighted by atomic mass is 10.1. The second-order valence-corrected chi connectivity index (χ2v) is 11.1. The molecule has 2 aromatic rings. The summed E-state index contributed by atoms with van der Waals surface area (Å²) in [5, 5.41) is 0. The molecular weight excluding hydrogens is 562 g/mol. The van der Waals surface area contributed by atoms with Gasteiger partial charge in [-0.05, 0) is 90.1 Å². The summed E-state index contributed by atoms with van der Waals surface area (Å²) in [6.45, 7) is 9.28. The Bertz CT molecular complexity index is 1210. The van der Waals surface area contributed by atoms with Crippen LogP contribution in [-0.4, -0.2) is 86.5 Å². The summed E-state index contributed by atoms with van der Waals surface area (Å²) < 4.78 is 45.5. The average Bonchev–Trinajstić information content (AvgIpc) is 2.98. The summed E-state index contributed by atoms with van der Waals surface area (Å²) in [7, 11) is 3.12. The van der Waals surface area contributed by atoms with E-state index in [-0.39, 0.29) is 6.61 Å². The standard InChI is InChI=1S/C31H41NO11/c1-19(2)39-29(34)32(30(35)43-31(4,5)6)25-17-38-18-26(41-23-13-9-21(36-7)10-14-23)27(20(3)40-28(25)33)42-24-15-11-22(37-8)12-16-24/h9-16,19-20,25-27H,17-18H2,1-8H3. The maximum atomic E-state index is 13.6. The lowest BCUT2D eigenvalue weighted by Crippen LogP contribution is -2.54. The molecule has 43 heavy (non-hydrogen) atoms. The van der Waals surface area contributed by atoms with E-state index in [1.165, 1.54) is 0 Å². The SMILES string of the molecule is COc1ccc(OC2COCC(N(C(=O)OC(C)C)C(=O)OC(C)(C)C)C(=O)OC(C)C2Oc2ccc(OC)cc2)cc1. The van der Waals surface area contributed by atoms with Crippen LogP contribution in [0.3, 0.4) is 0 Å². The van der Waals surface area contributed by atoms with Crippen molar-refractivity contribution in [3.63, 3.8) is 0 Å². The summed E-state index contributed by atoms with van der Waals surface area (Å²) >= 11 is 0. The molecule has 3 rings (SSSR count). The zero-order chi connectivity index (χ0) is 31.7. The molecule has 0 radical (unpaired) electrons. The molecule has 1 aliphatic rings. The molecule has 0 saturated carbocycles. The molecule has 4 atom stereocenters. The summed E-state index contributed by atoms with van der Waals surface area (Å²) in [6, 6.07) is 12.3. The monoisotopic (exact) mass is 603 g/mol. The molecule has 0 bridgehead atoms. The molecule has 2 amide bonds. The number of rotatable bonds is 8. The van der Waals surface area contributed by atoms with Crippen LogP contribution in [0, 0.1) is 0 Å². The van der Waals surface area contributed by atoms with Gasteiger partial charge in [0.1, 0.15) is 34.7 Å². The number of esters is 1. The largest absolute Gasteiger partial charge is 0.497 e. The Balaban J connectivity index is 1.95. The van der Waals surface area contributed by atoms with Crippen molar-refractivity contribution in [3.05, 3.63) is 48.5 Å². The van der Waals surface area contributed by atoms with Crippen LogP contribution in [0.1, 0.15) is 41.5 Å². The molecule has 0 aliphatic carbocycles. The lowest BCUT2D eigenvalue weighted by molar-refractivity contribution is -0.160. The number of carbonyl (C=O) groups excluding carboxylic acids is 3. The fraction of sp³-hybridized carbons (Fsp3) is 0.516. The molecule has 12 nitrogen and oxygen atoms in total. The molecular formula is C31H41NO11. The second-order valence-electron chi connectivity index (χ2n) is 11.1. The first-order valence-corrected chi connectivity index (χ1v) is 13.9. The van der Waals surface area contributed by atoms with Gasteiger partial charge in [-0.1, -0.05) is 0 Å². The van der Waals surface area contributed by atoms with E-state index < -0.39 is 60.8 Å². The van der Waals surface area contributed by atoms with Crippen molar-refractivity contribution >= 4 is 18.2 Å². The van der Waals surface area contributed by atoms with Gasteiger partial charge in [-0.15, -0.1) is 0 Å². The average molecular weight is 604 g/mol. The second kappa shape index (κ2) is 14.8. The van der Waals surface area contributed by atoms with Crippen LogP contribution >= 0.6 is 0 Å². The van der Waals surface area contributed by atoms with Crippen molar-refractivity contribution in [3.8, 4) is 23.0 Å². The van der Waals surface area contributed by atoms with Gasteiger partial charge in [-0.3, -0.25) is 0 Å². The highest BCUT2D eigenvalue weighted by Gasteiger charge is 2.44. The van der Waals surface area contributed by atoms with Crippen LogP contribution in [0.2, 0.25) is 0 Å². The molecule has 1 heterocycles. The fourth-order valence-electron chi connectivity index (χ4n) is 4.08. The first-order valence-electron chi connectivity index (χ1n) is 13.9. The van der Waals surface area contributed by atoms with Gasteiger partial charge in [0.25, 0.3) is 0 Å². The number of imide groups is 1. The van der Waals surface area contributed by atoms with Crippen LogP contribution in [0.5, 0.6) is 23.0 Å². The predicted octanol–water partition coefficient (Wildman–Crippen LogP) is 5.01. The highest BCUT2D eigenvalue weighted by atomic mass is 16.6. The van der Waals surface area contributed by atoms with Gasteiger partial charge in [0.05, 0.1) is 33.5 Å². The minimum absolute atomic E-state index is 0.0916. The summed E-state index contributed by atoms with van der Waals surface area (Å²) in [6.07, 6.45) is -5.32. The number of hydrogen-bond donors (Lipinski definition) is 0. The van der Waals surface area contributed by atoms with Gasteiger partial charge in [0.15, 0.2) is 18.2 Å². The van der Waals surface area contributed by atoms with Crippen molar-refractivity contribution in [2.24, 2.45) is 0 Å². The van der Waals surface area contributed by atoms with Crippen molar-refractivity contribution in [1.29, 1.82) is 0 Å². The molecule has 1 aliphatic heterocycles. The Morgan fingerprint density at radius 3 is 1.84 bits per heavy atom. The molecule has 0 N–H and O–H groups in total. The molecule has 1 saturated heterocycles. The van der Waals surface area contributed by atoms with Crippen LogP contribution < -0.4 is 18.9 Å². The van der Waals surface area contributed by atoms with Crippen LogP contribution in [0.4, 0.5) is 9.59 Å². The number of ether oxygens (including phenoxy) is 8. The van der Waals surface area contributed by atoms with Gasteiger partial charge < -0.3 is 37.9 Å². The van der Waals surface area contributed by atoms with Crippen molar-refractivity contribution < 1.29 is 52.3 Å². The minimum Gasteiger partial charge on any atom is -0.497 e. The Kier molecular flexibility index (Phi) is 11.5. The van der Waals surface area contributed by atoms with Crippen molar-refractivity contribution in [2.45, 2.75) is 77.6 Å². The van der Waals surface area contributed by atoms with E-state index >= 15 is 0 Å². The smallest absolute Gasteiger partial charge is 0.420 e. The number of methoxy groups -OCH3 is 2. The first-order chi connectivity index (χ1) is 20.3. The van der Waals surface area contributed by atoms with E-state index in [2.05, 4.69) is 0 Å². The third kappa shape index (κ3) is 9.67. The first kappa shape index (κ1) is 33.3. The molecule has 236 valence electrons. The van der Waals surface area contributed by atoms with Crippen LogP contribution in [0.15, 0.2) is 48.5 Å². The Hall–Kier alpha value is -4.19. The zero-order valence-corrected chi connectivity index (χ0v) is 25.9. The molecule has 12 heteroatoms. The molecule has 2 aromatic carbocycles. The van der Waals surface area contributed by atoms with Gasteiger partial charge in [0, 0.05) is 0 Å². The highest BCUT2D eigenvalue weighted by molar-refractivity contribution is 5.94. The van der Waals surface area contributed by atoms with E-state index in [1.54, 1.807) is 104 Å². The zero-order valence-electron chi connectivity index (χ0n) is 25.9. The Morgan fingerprint density at radius 1 is 0.837 bits per heavy atom. The van der Waals surface area contributed by atoms with Gasteiger partial charge >= 0.3 is 18.2 Å². The highest BCUT2D eigenvalue weighted by Crippen LogP contribution is 2.26. The number of cyclic esters (lactones) is 1. The molecule has 1 fully saturated rings. The predicted molar refractivity (Wildman–Crippen MR) is 155 cm³/mol. The van der Waals surface area contributed by atoms with Gasteiger partial charge in [-0.2, -0.15) is 4.90 Å². The Labute approximate surface area is 252 Å². The molecule has 0 aromatic heterocycles. The normalized spacial score (nSPS) is 20.9. The fourth-order valence-corrected chi connectivity index (χ4v) is 4.08. The van der Waals surface area contributed by atoms with E-state index in [9.17, 15) is 14.4 Å². The third-order valence-electron chi connectivity index (χ3n) is 6.07. The maximum Gasteiger partial charge on any atom is 0.420 e. The molecule has 0 spiro atoms. The number of nitrogens with zero attached hydrogens (tertiary/aromatic N) is 1. The van der Waals surface area contributed by atoms with Crippen LogP contribution in [-0.2, 0) is 23.7 Å². The number of benzene rings is 2. The number of hydrogen-bond acceptors (Lipinski definition) is 11. The van der Waals surface area contributed by atoms with Crippen molar-refractivity contribution in [2.75, 3.05) is 27.4 Å². The summed E-state index contributed by atoms with van der Waals surface area (Å²) in [5.74, 6) is 1.32. The number of carbonyl (C=O) groups is 3. The summed E-state index contributed by atoms with van der Waals surface area (Å²) in [4.78, 5) is 40.4. The quantitative estimate of drug-likeness (QED) is 0.298.